The van der Waals surface area contributed by atoms with E-state index in [1.54, 1.807) is 0 Å². The minimum atomic E-state index is 0.608. The van der Waals surface area contributed by atoms with E-state index in [9.17, 15) is 0 Å². The number of aromatic amines is 1. The fourth-order valence-electron chi connectivity index (χ4n) is 2.67. The average Bonchev–Trinajstić information content (AvgIpc) is 2.83. The maximum atomic E-state index is 4.45. The van der Waals surface area contributed by atoms with E-state index in [1.165, 1.54) is 24.1 Å². The van der Waals surface area contributed by atoms with E-state index in [0.29, 0.717) is 5.92 Å². The van der Waals surface area contributed by atoms with Gasteiger partial charge in [0, 0.05) is 17.8 Å². The Morgan fingerprint density at radius 2 is 2.06 bits per heavy atom. The van der Waals surface area contributed by atoms with Crippen LogP contribution in [0.2, 0.25) is 0 Å². The van der Waals surface area contributed by atoms with Gasteiger partial charge in [0.25, 0.3) is 0 Å². The smallest absolute Gasteiger partial charge is 0.114 e. The largest absolute Gasteiger partial charge is 0.317 e. The van der Waals surface area contributed by atoms with Crippen molar-refractivity contribution in [2.24, 2.45) is 0 Å². The first kappa shape index (κ1) is 11.4. The molecule has 1 aliphatic heterocycles. The second kappa shape index (κ2) is 4.90. The Hall–Kier alpha value is -1.68. The molecular weight excluding hydrogens is 224 g/mol. The molecule has 2 N–H and O–H groups in total. The summed E-state index contributed by atoms with van der Waals surface area (Å²) in [6.45, 7) is 4.34. The number of hydrogen-bond acceptors (Lipinski definition) is 3. The Bertz CT molecular complexity index is 512. The third kappa shape index (κ3) is 2.04. The second-order valence-corrected chi connectivity index (χ2v) is 4.85. The average molecular weight is 242 g/mol. The Labute approximate surface area is 107 Å². The summed E-state index contributed by atoms with van der Waals surface area (Å²) in [5.41, 5.74) is 4.48. The van der Waals surface area contributed by atoms with Gasteiger partial charge >= 0.3 is 0 Å². The molecule has 0 radical (unpaired) electrons. The standard InChI is InChI=1S/C14H18N4/c1-10-13(11-5-8-15-9-6-11)17-18-14(10)12-4-2-3-7-16-12/h2-4,7,11,15H,5-6,8-9H2,1H3,(H,17,18). The number of pyridine rings is 1. The van der Waals surface area contributed by atoms with Crippen molar-refractivity contribution in [1.29, 1.82) is 0 Å². The fourth-order valence-corrected chi connectivity index (χ4v) is 2.67. The van der Waals surface area contributed by atoms with Gasteiger partial charge in [0.05, 0.1) is 5.69 Å². The summed E-state index contributed by atoms with van der Waals surface area (Å²) < 4.78 is 0. The van der Waals surface area contributed by atoms with Gasteiger partial charge in [-0.25, -0.2) is 0 Å². The molecule has 2 aromatic heterocycles. The molecule has 18 heavy (non-hydrogen) atoms. The minimum Gasteiger partial charge on any atom is -0.317 e. The molecule has 0 amide bonds. The lowest BCUT2D eigenvalue weighted by molar-refractivity contribution is 0.451. The SMILES string of the molecule is Cc1c(-c2ccccn2)n[nH]c1C1CCNCC1. The summed E-state index contributed by atoms with van der Waals surface area (Å²) in [6, 6.07) is 5.94. The fraction of sp³-hybridized carbons (Fsp3) is 0.429. The van der Waals surface area contributed by atoms with E-state index >= 15 is 0 Å². The zero-order chi connectivity index (χ0) is 12.4. The molecule has 1 aliphatic rings. The lowest BCUT2D eigenvalue weighted by Crippen LogP contribution is -2.27. The van der Waals surface area contributed by atoms with Gasteiger partial charge < -0.3 is 5.32 Å². The van der Waals surface area contributed by atoms with Crippen LogP contribution in [0, 0.1) is 6.92 Å². The van der Waals surface area contributed by atoms with Crippen molar-refractivity contribution in [1.82, 2.24) is 20.5 Å². The van der Waals surface area contributed by atoms with Crippen LogP contribution in [0.15, 0.2) is 24.4 Å². The molecule has 0 spiro atoms. The zero-order valence-electron chi connectivity index (χ0n) is 10.6. The monoisotopic (exact) mass is 242 g/mol. The van der Waals surface area contributed by atoms with E-state index in [1.807, 2.05) is 24.4 Å². The molecule has 3 heterocycles. The number of nitrogens with one attached hydrogen (secondary N) is 2. The number of rotatable bonds is 2. The lowest BCUT2D eigenvalue weighted by Gasteiger charge is -2.22. The van der Waals surface area contributed by atoms with Crippen molar-refractivity contribution in [3.8, 4) is 11.4 Å². The van der Waals surface area contributed by atoms with E-state index in [0.717, 1.165) is 24.5 Å². The van der Waals surface area contributed by atoms with Crippen LogP contribution in [0.4, 0.5) is 0 Å². The van der Waals surface area contributed by atoms with Gasteiger partial charge in [-0.3, -0.25) is 10.1 Å². The molecular formula is C14H18N4. The molecule has 94 valence electrons. The van der Waals surface area contributed by atoms with Crippen LogP contribution in [-0.2, 0) is 0 Å². The van der Waals surface area contributed by atoms with Crippen LogP contribution in [0.3, 0.4) is 0 Å². The summed E-state index contributed by atoms with van der Waals surface area (Å²) >= 11 is 0. The summed E-state index contributed by atoms with van der Waals surface area (Å²) in [6.07, 6.45) is 4.18. The molecule has 0 atom stereocenters. The molecule has 4 heteroatoms. The Kier molecular flexibility index (Phi) is 3.11. The molecule has 0 unspecified atom stereocenters. The topological polar surface area (TPSA) is 53.6 Å². The predicted octanol–water partition coefficient (Wildman–Crippen LogP) is 2.25. The molecule has 0 saturated carbocycles. The van der Waals surface area contributed by atoms with Crippen molar-refractivity contribution in [3.05, 3.63) is 35.7 Å². The summed E-state index contributed by atoms with van der Waals surface area (Å²) in [5.74, 6) is 0.608. The Morgan fingerprint density at radius 3 is 2.78 bits per heavy atom. The lowest BCUT2D eigenvalue weighted by atomic mass is 9.92. The van der Waals surface area contributed by atoms with E-state index < -0.39 is 0 Å². The Morgan fingerprint density at radius 1 is 1.22 bits per heavy atom. The number of hydrogen-bond donors (Lipinski definition) is 2. The number of nitrogens with zero attached hydrogens (tertiary/aromatic N) is 2. The number of aromatic nitrogens is 3. The van der Waals surface area contributed by atoms with Gasteiger partial charge in [0.15, 0.2) is 0 Å². The maximum absolute atomic E-state index is 4.45. The van der Waals surface area contributed by atoms with Crippen molar-refractivity contribution in [3.63, 3.8) is 0 Å². The Balaban J connectivity index is 1.92. The van der Waals surface area contributed by atoms with Crippen LogP contribution in [0.25, 0.3) is 11.4 Å². The van der Waals surface area contributed by atoms with E-state index in [-0.39, 0.29) is 0 Å². The summed E-state index contributed by atoms with van der Waals surface area (Å²) in [5, 5.41) is 11.1. The quantitative estimate of drug-likeness (QED) is 0.849. The summed E-state index contributed by atoms with van der Waals surface area (Å²) in [4.78, 5) is 4.37. The first-order valence-corrected chi connectivity index (χ1v) is 6.53. The van der Waals surface area contributed by atoms with E-state index in [4.69, 9.17) is 0 Å². The van der Waals surface area contributed by atoms with Crippen molar-refractivity contribution in [2.45, 2.75) is 25.7 Å². The minimum absolute atomic E-state index is 0.608. The molecule has 3 rings (SSSR count). The molecule has 1 saturated heterocycles. The molecule has 0 aromatic carbocycles. The zero-order valence-corrected chi connectivity index (χ0v) is 10.6. The highest BCUT2D eigenvalue weighted by molar-refractivity contribution is 5.59. The van der Waals surface area contributed by atoms with Gasteiger partial charge in [-0.1, -0.05) is 6.07 Å². The first-order valence-electron chi connectivity index (χ1n) is 6.53. The number of H-pyrrole nitrogens is 1. The third-order valence-corrected chi connectivity index (χ3v) is 3.70. The molecule has 4 nitrogen and oxygen atoms in total. The molecule has 1 fully saturated rings. The van der Waals surface area contributed by atoms with Crippen molar-refractivity contribution < 1.29 is 0 Å². The molecule has 0 aliphatic carbocycles. The summed E-state index contributed by atoms with van der Waals surface area (Å²) in [7, 11) is 0. The highest BCUT2D eigenvalue weighted by Gasteiger charge is 2.21. The van der Waals surface area contributed by atoms with Crippen LogP contribution in [0.1, 0.15) is 30.0 Å². The third-order valence-electron chi connectivity index (χ3n) is 3.70. The van der Waals surface area contributed by atoms with E-state index in [2.05, 4.69) is 27.4 Å². The molecule has 0 bridgehead atoms. The van der Waals surface area contributed by atoms with Crippen molar-refractivity contribution in [2.75, 3.05) is 13.1 Å². The van der Waals surface area contributed by atoms with Crippen LogP contribution < -0.4 is 5.32 Å². The van der Waals surface area contributed by atoms with Gasteiger partial charge in [-0.2, -0.15) is 5.10 Å². The molecule has 2 aromatic rings. The van der Waals surface area contributed by atoms with Gasteiger partial charge in [0.1, 0.15) is 5.69 Å². The highest BCUT2D eigenvalue weighted by Crippen LogP contribution is 2.30. The van der Waals surface area contributed by atoms with Crippen LogP contribution in [-0.4, -0.2) is 28.3 Å². The van der Waals surface area contributed by atoms with Gasteiger partial charge in [-0.05, 0) is 50.6 Å². The van der Waals surface area contributed by atoms with Crippen LogP contribution >= 0.6 is 0 Å². The van der Waals surface area contributed by atoms with Crippen LogP contribution in [0.5, 0.6) is 0 Å². The van der Waals surface area contributed by atoms with Gasteiger partial charge in [0.2, 0.25) is 0 Å². The first-order chi connectivity index (χ1) is 8.86. The predicted molar refractivity (Wildman–Crippen MR) is 71.4 cm³/mol. The van der Waals surface area contributed by atoms with Crippen molar-refractivity contribution >= 4 is 0 Å². The second-order valence-electron chi connectivity index (χ2n) is 4.85. The number of piperidine rings is 1. The maximum Gasteiger partial charge on any atom is 0.114 e. The normalized spacial score (nSPS) is 16.9. The van der Waals surface area contributed by atoms with Gasteiger partial charge in [-0.15, -0.1) is 0 Å². The highest BCUT2D eigenvalue weighted by atomic mass is 15.1.